The number of hydrogen-bond donors (Lipinski definition) is 0. The van der Waals surface area contributed by atoms with Crippen molar-refractivity contribution in [3.05, 3.63) is 0 Å². The Morgan fingerprint density at radius 3 is 2.07 bits per heavy atom. The van der Waals surface area contributed by atoms with Crippen LogP contribution in [-0.4, -0.2) is 25.2 Å². The molecule has 0 bridgehead atoms. The molecule has 5 heteroatoms. The van der Waals surface area contributed by atoms with Crippen molar-refractivity contribution < 1.29 is 18.4 Å². The smallest absolute Gasteiger partial charge is 0.309 e. The van der Waals surface area contributed by atoms with Gasteiger partial charge in [-0.15, -0.1) is 0 Å². The van der Waals surface area contributed by atoms with Crippen LogP contribution in [0.2, 0.25) is 0 Å². The van der Waals surface area contributed by atoms with Gasteiger partial charge in [0.05, 0.1) is 19.4 Å². The molecule has 0 rings (SSSR count). The highest BCUT2D eigenvalue weighted by Gasteiger charge is 2.22. The minimum atomic E-state index is -2.94. The molecule has 90 valence electrons. The molecule has 0 amide bonds. The van der Waals surface area contributed by atoms with E-state index in [0.717, 1.165) is 0 Å². The highest BCUT2D eigenvalue weighted by molar-refractivity contribution is 7.53. The maximum atomic E-state index is 11.9. The van der Waals surface area contributed by atoms with Gasteiger partial charge >= 0.3 is 7.60 Å². The van der Waals surface area contributed by atoms with Gasteiger partial charge in [-0.25, -0.2) is 0 Å². The molecule has 0 spiro atoms. The van der Waals surface area contributed by atoms with E-state index in [0.29, 0.717) is 38.6 Å². The maximum absolute atomic E-state index is 11.9. The largest absolute Gasteiger partial charge is 0.330 e. The van der Waals surface area contributed by atoms with Gasteiger partial charge in [0.2, 0.25) is 0 Å². The van der Waals surface area contributed by atoms with Crippen molar-refractivity contribution in [3.63, 3.8) is 0 Å². The minimum Gasteiger partial charge on any atom is -0.309 e. The van der Waals surface area contributed by atoms with Crippen LogP contribution in [0.25, 0.3) is 0 Å². The standard InChI is InChI=1S/C10H21O4P/c1-4-10(11)8-7-9-15(12,13-5-2)14-6-3/h4-9H2,1-3H3. The predicted octanol–water partition coefficient (Wildman–Crippen LogP) is 3.01. The van der Waals surface area contributed by atoms with Crippen molar-refractivity contribution in [2.45, 2.75) is 40.0 Å². The van der Waals surface area contributed by atoms with Crippen LogP contribution in [0.15, 0.2) is 0 Å². The van der Waals surface area contributed by atoms with Gasteiger partial charge < -0.3 is 9.05 Å². The van der Waals surface area contributed by atoms with E-state index < -0.39 is 7.60 Å². The molecule has 0 aromatic carbocycles. The first-order chi connectivity index (χ1) is 7.08. The lowest BCUT2D eigenvalue weighted by atomic mass is 10.2. The normalized spacial score (nSPS) is 11.7. The average Bonchev–Trinajstić information content (AvgIpc) is 2.18. The molecule has 0 radical (unpaired) electrons. The average molecular weight is 236 g/mol. The van der Waals surface area contributed by atoms with Crippen molar-refractivity contribution in [3.8, 4) is 0 Å². The molecule has 0 heterocycles. The van der Waals surface area contributed by atoms with Crippen LogP contribution in [-0.2, 0) is 18.4 Å². The van der Waals surface area contributed by atoms with Crippen molar-refractivity contribution >= 4 is 13.4 Å². The Kier molecular flexibility index (Phi) is 7.93. The topological polar surface area (TPSA) is 52.6 Å². The molecule has 4 nitrogen and oxygen atoms in total. The summed E-state index contributed by atoms with van der Waals surface area (Å²) >= 11 is 0. The van der Waals surface area contributed by atoms with Crippen molar-refractivity contribution in [1.29, 1.82) is 0 Å². The first-order valence-electron chi connectivity index (χ1n) is 5.47. The van der Waals surface area contributed by atoms with Crippen molar-refractivity contribution in [1.82, 2.24) is 0 Å². The van der Waals surface area contributed by atoms with Crippen LogP contribution in [0, 0.1) is 0 Å². The fraction of sp³-hybridized carbons (Fsp3) is 0.900. The molecule has 0 unspecified atom stereocenters. The third-order valence-corrected chi connectivity index (χ3v) is 4.10. The third kappa shape index (κ3) is 6.82. The van der Waals surface area contributed by atoms with E-state index in [1.54, 1.807) is 13.8 Å². The number of carbonyl (C=O) groups is 1. The summed E-state index contributed by atoms with van der Waals surface area (Å²) in [6, 6.07) is 0. The van der Waals surface area contributed by atoms with Crippen molar-refractivity contribution in [2.75, 3.05) is 19.4 Å². The van der Waals surface area contributed by atoms with Gasteiger partial charge in [0.25, 0.3) is 0 Å². The lowest BCUT2D eigenvalue weighted by Gasteiger charge is -2.16. The zero-order valence-electron chi connectivity index (χ0n) is 9.82. The second-order valence-electron chi connectivity index (χ2n) is 3.17. The highest BCUT2D eigenvalue weighted by Crippen LogP contribution is 2.48. The molecule has 0 aliphatic carbocycles. The van der Waals surface area contributed by atoms with Crippen molar-refractivity contribution in [2.24, 2.45) is 0 Å². The number of Topliss-reactive ketones (excluding diaryl/α,β-unsaturated/α-hetero) is 1. The molecular weight excluding hydrogens is 215 g/mol. The Balaban J connectivity index is 3.96. The quantitative estimate of drug-likeness (QED) is 0.577. The molecule has 0 aliphatic heterocycles. The Labute approximate surface area is 91.9 Å². The van der Waals surface area contributed by atoms with Gasteiger partial charge in [0, 0.05) is 12.8 Å². The molecular formula is C10H21O4P. The molecule has 0 aliphatic rings. The van der Waals surface area contributed by atoms with Crippen LogP contribution in [0.1, 0.15) is 40.0 Å². The van der Waals surface area contributed by atoms with E-state index in [2.05, 4.69) is 0 Å². The maximum Gasteiger partial charge on any atom is 0.330 e. The molecule has 0 fully saturated rings. The number of carbonyl (C=O) groups excluding carboxylic acids is 1. The lowest BCUT2D eigenvalue weighted by Crippen LogP contribution is -2.03. The summed E-state index contributed by atoms with van der Waals surface area (Å²) in [5.74, 6) is 0.189. The Bertz CT molecular complexity index is 217. The van der Waals surface area contributed by atoms with Gasteiger partial charge in [0.1, 0.15) is 5.78 Å². The Morgan fingerprint density at radius 1 is 1.13 bits per heavy atom. The third-order valence-electron chi connectivity index (χ3n) is 1.93. The fourth-order valence-corrected chi connectivity index (χ4v) is 2.87. The number of ketones is 1. The van der Waals surface area contributed by atoms with E-state index in [1.807, 2.05) is 6.92 Å². The second kappa shape index (κ2) is 8.03. The van der Waals surface area contributed by atoms with Crippen LogP contribution < -0.4 is 0 Å². The summed E-state index contributed by atoms with van der Waals surface area (Å²) in [7, 11) is -2.94. The Hall–Kier alpha value is -0.180. The molecule has 15 heavy (non-hydrogen) atoms. The Morgan fingerprint density at radius 2 is 1.67 bits per heavy atom. The minimum absolute atomic E-state index is 0.189. The summed E-state index contributed by atoms with van der Waals surface area (Å²) < 4.78 is 22.1. The molecule has 0 aromatic rings. The number of rotatable bonds is 9. The molecule has 0 saturated carbocycles. The summed E-state index contributed by atoms with van der Waals surface area (Å²) in [5, 5.41) is 0. The molecule has 0 N–H and O–H groups in total. The van der Waals surface area contributed by atoms with Crippen LogP contribution in [0.3, 0.4) is 0 Å². The SMILES string of the molecule is CCOP(=O)(CCCC(=O)CC)OCC. The zero-order valence-corrected chi connectivity index (χ0v) is 10.7. The van der Waals surface area contributed by atoms with E-state index in [4.69, 9.17) is 9.05 Å². The summed E-state index contributed by atoms with van der Waals surface area (Å²) in [6.45, 7) is 6.14. The predicted molar refractivity (Wildman–Crippen MR) is 60.3 cm³/mol. The van der Waals surface area contributed by atoms with Gasteiger partial charge in [-0.1, -0.05) is 6.92 Å². The van der Waals surface area contributed by atoms with E-state index in [1.165, 1.54) is 0 Å². The lowest BCUT2D eigenvalue weighted by molar-refractivity contribution is -0.118. The van der Waals surface area contributed by atoms with Crippen LogP contribution in [0.4, 0.5) is 0 Å². The monoisotopic (exact) mass is 236 g/mol. The summed E-state index contributed by atoms with van der Waals surface area (Å²) in [4.78, 5) is 11.0. The molecule has 0 aromatic heterocycles. The second-order valence-corrected chi connectivity index (χ2v) is 5.35. The fourth-order valence-electron chi connectivity index (χ4n) is 1.21. The van der Waals surface area contributed by atoms with E-state index in [9.17, 15) is 9.36 Å². The first kappa shape index (κ1) is 14.8. The molecule has 0 atom stereocenters. The number of hydrogen-bond acceptors (Lipinski definition) is 4. The van der Waals surface area contributed by atoms with E-state index >= 15 is 0 Å². The van der Waals surface area contributed by atoms with Gasteiger partial charge in [-0.3, -0.25) is 9.36 Å². The van der Waals surface area contributed by atoms with Gasteiger partial charge in [0.15, 0.2) is 0 Å². The summed E-state index contributed by atoms with van der Waals surface area (Å²) in [6.07, 6.45) is 1.90. The highest BCUT2D eigenvalue weighted by atomic mass is 31.2. The van der Waals surface area contributed by atoms with Gasteiger partial charge in [-0.05, 0) is 20.3 Å². The zero-order chi connectivity index (χ0) is 11.7. The van der Waals surface area contributed by atoms with Gasteiger partial charge in [-0.2, -0.15) is 0 Å². The van der Waals surface area contributed by atoms with Crippen LogP contribution in [0.5, 0.6) is 0 Å². The molecule has 0 saturated heterocycles. The first-order valence-corrected chi connectivity index (χ1v) is 7.20. The summed E-state index contributed by atoms with van der Waals surface area (Å²) in [5.41, 5.74) is 0. The van der Waals surface area contributed by atoms with E-state index in [-0.39, 0.29) is 5.78 Å². The van der Waals surface area contributed by atoms with Crippen LogP contribution >= 0.6 is 7.60 Å².